The highest BCUT2D eigenvalue weighted by Crippen LogP contribution is 2.03. The summed E-state index contributed by atoms with van der Waals surface area (Å²) in [5, 5.41) is 19.4. The molecule has 0 bridgehead atoms. The topological polar surface area (TPSA) is 86.4 Å². The van der Waals surface area contributed by atoms with Crippen molar-refractivity contribution in [2.45, 2.75) is 18.6 Å². The molecular formula is C10H12NO3-. The first-order chi connectivity index (χ1) is 6.61. The quantitative estimate of drug-likeness (QED) is 0.621. The molecule has 0 heterocycles. The molecule has 14 heavy (non-hydrogen) atoms. The largest absolute Gasteiger partial charge is 0.547 e. The van der Waals surface area contributed by atoms with Crippen molar-refractivity contribution in [3.63, 3.8) is 0 Å². The number of aliphatic hydroxyl groups is 1. The summed E-state index contributed by atoms with van der Waals surface area (Å²) in [7, 11) is 0. The Morgan fingerprint density at radius 3 is 2.50 bits per heavy atom. The average Bonchev–Trinajstić information content (AvgIpc) is 2.18. The number of rotatable bonds is 4. The maximum absolute atomic E-state index is 10.3. The summed E-state index contributed by atoms with van der Waals surface area (Å²) >= 11 is 0. The van der Waals surface area contributed by atoms with E-state index in [4.69, 9.17) is 10.8 Å². The molecule has 0 saturated carbocycles. The number of aliphatic hydroxyl groups excluding tert-OH is 1. The van der Waals surface area contributed by atoms with Gasteiger partial charge in [0.2, 0.25) is 0 Å². The van der Waals surface area contributed by atoms with Gasteiger partial charge in [-0.2, -0.15) is 0 Å². The maximum atomic E-state index is 10.3. The molecule has 1 aromatic rings. The van der Waals surface area contributed by atoms with Crippen molar-refractivity contribution >= 4 is 5.97 Å². The number of hydrogen-bond donors (Lipinski definition) is 2. The van der Waals surface area contributed by atoms with E-state index in [9.17, 15) is 9.90 Å². The van der Waals surface area contributed by atoms with Gasteiger partial charge in [0.25, 0.3) is 0 Å². The third kappa shape index (κ3) is 2.83. The van der Waals surface area contributed by atoms with Crippen LogP contribution in [0.1, 0.15) is 5.56 Å². The van der Waals surface area contributed by atoms with Crippen molar-refractivity contribution in [1.29, 1.82) is 0 Å². The fraction of sp³-hybridized carbons (Fsp3) is 0.300. The molecule has 0 spiro atoms. The molecule has 0 aliphatic rings. The van der Waals surface area contributed by atoms with Crippen LogP contribution in [0.25, 0.3) is 0 Å². The highest BCUT2D eigenvalue weighted by molar-refractivity contribution is 5.70. The van der Waals surface area contributed by atoms with Gasteiger partial charge in [-0.05, 0) is 12.0 Å². The van der Waals surface area contributed by atoms with Crippen molar-refractivity contribution in [3.05, 3.63) is 35.9 Å². The van der Waals surface area contributed by atoms with Gasteiger partial charge in [-0.1, -0.05) is 30.3 Å². The highest BCUT2D eigenvalue weighted by Gasteiger charge is 2.15. The van der Waals surface area contributed by atoms with Gasteiger partial charge in [0.1, 0.15) is 6.10 Å². The minimum Gasteiger partial charge on any atom is -0.547 e. The first-order valence-corrected chi connectivity index (χ1v) is 4.29. The average molecular weight is 194 g/mol. The van der Waals surface area contributed by atoms with Crippen LogP contribution in [0.5, 0.6) is 0 Å². The highest BCUT2D eigenvalue weighted by atomic mass is 16.4. The summed E-state index contributed by atoms with van der Waals surface area (Å²) < 4.78 is 0. The van der Waals surface area contributed by atoms with Crippen LogP contribution in [0.3, 0.4) is 0 Å². The van der Waals surface area contributed by atoms with Gasteiger partial charge in [0.15, 0.2) is 0 Å². The number of hydrogen-bond acceptors (Lipinski definition) is 4. The van der Waals surface area contributed by atoms with Crippen LogP contribution in [-0.4, -0.2) is 23.2 Å². The van der Waals surface area contributed by atoms with Gasteiger partial charge in [0.05, 0.1) is 5.97 Å². The van der Waals surface area contributed by atoms with E-state index in [2.05, 4.69) is 0 Å². The molecule has 0 fully saturated rings. The molecule has 1 aromatic carbocycles. The van der Waals surface area contributed by atoms with Crippen LogP contribution in [0.4, 0.5) is 0 Å². The summed E-state index contributed by atoms with van der Waals surface area (Å²) in [6, 6.07) is 8.32. The van der Waals surface area contributed by atoms with Gasteiger partial charge >= 0.3 is 0 Å². The standard InChI is InChI=1S/C10H13NO3/c11-8(9(12)10(13)14)6-7-4-2-1-3-5-7/h1-5,8-9,12H,6,11H2,(H,13,14)/p-1. The molecule has 2 unspecified atom stereocenters. The third-order valence-corrected chi connectivity index (χ3v) is 1.96. The van der Waals surface area contributed by atoms with E-state index < -0.39 is 18.1 Å². The predicted octanol–water partition coefficient (Wildman–Crippen LogP) is -1.33. The number of carbonyl (C=O) groups excluding carboxylic acids is 1. The van der Waals surface area contributed by atoms with E-state index >= 15 is 0 Å². The number of carboxylic acids is 1. The zero-order valence-electron chi connectivity index (χ0n) is 7.59. The Bertz CT molecular complexity index is 299. The van der Waals surface area contributed by atoms with Crippen LogP contribution in [0.15, 0.2) is 30.3 Å². The predicted molar refractivity (Wildman–Crippen MR) is 49.1 cm³/mol. The Morgan fingerprint density at radius 1 is 1.43 bits per heavy atom. The van der Waals surface area contributed by atoms with Gasteiger partial charge in [-0.3, -0.25) is 0 Å². The number of carbonyl (C=O) groups is 1. The van der Waals surface area contributed by atoms with E-state index in [0.717, 1.165) is 5.56 Å². The Labute approximate surface area is 82.0 Å². The molecule has 0 amide bonds. The molecule has 76 valence electrons. The summed E-state index contributed by atoms with van der Waals surface area (Å²) in [6.07, 6.45) is -1.30. The second-order valence-corrected chi connectivity index (χ2v) is 3.12. The number of nitrogens with two attached hydrogens (primary N) is 1. The molecule has 0 aromatic heterocycles. The van der Waals surface area contributed by atoms with Crippen LogP contribution in [0.2, 0.25) is 0 Å². The lowest BCUT2D eigenvalue weighted by atomic mass is 10.0. The summed E-state index contributed by atoms with van der Waals surface area (Å²) in [6.45, 7) is 0. The van der Waals surface area contributed by atoms with Crippen LogP contribution in [-0.2, 0) is 11.2 Å². The van der Waals surface area contributed by atoms with Gasteiger partial charge in [-0.25, -0.2) is 0 Å². The fourth-order valence-corrected chi connectivity index (χ4v) is 1.17. The molecule has 0 aliphatic carbocycles. The lowest BCUT2D eigenvalue weighted by molar-refractivity contribution is -0.315. The number of benzene rings is 1. The van der Waals surface area contributed by atoms with Gasteiger partial charge in [-0.15, -0.1) is 0 Å². The molecule has 4 heteroatoms. The van der Waals surface area contributed by atoms with Crippen molar-refractivity contribution in [1.82, 2.24) is 0 Å². The minimum atomic E-state index is -1.62. The van der Waals surface area contributed by atoms with Crippen molar-refractivity contribution < 1.29 is 15.0 Å². The SMILES string of the molecule is NC(Cc1ccccc1)C(O)C(=O)[O-]. The van der Waals surface area contributed by atoms with Crippen molar-refractivity contribution in [3.8, 4) is 0 Å². The Hall–Kier alpha value is -1.39. The van der Waals surface area contributed by atoms with E-state index in [-0.39, 0.29) is 0 Å². The molecule has 1 rings (SSSR count). The van der Waals surface area contributed by atoms with Crippen LogP contribution < -0.4 is 10.8 Å². The summed E-state index contributed by atoms with van der Waals surface area (Å²) in [5.41, 5.74) is 6.37. The van der Waals surface area contributed by atoms with Crippen LogP contribution >= 0.6 is 0 Å². The Kier molecular flexibility index (Phi) is 3.62. The first kappa shape index (κ1) is 10.7. The zero-order valence-corrected chi connectivity index (χ0v) is 7.59. The molecule has 0 radical (unpaired) electrons. The lowest BCUT2D eigenvalue weighted by Gasteiger charge is -2.19. The summed E-state index contributed by atoms with van der Waals surface area (Å²) in [5.74, 6) is -1.53. The zero-order chi connectivity index (χ0) is 10.6. The van der Waals surface area contributed by atoms with Gasteiger partial charge < -0.3 is 20.7 Å². The van der Waals surface area contributed by atoms with Crippen molar-refractivity contribution in [2.24, 2.45) is 5.73 Å². The number of aliphatic carboxylic acids is 1. The number of carboxylic acid groups (broad SMARTS) is 1. The molecule has 0 saturated heterocycles. The first-order valence-electron chi connectivity index (χ1n) is 4.29. The fourth-order valence-electron chi connectivity index (χ4n) is 1.17. The minimum absolute atomic E-state index is 0.315. The molecule has 3 N–H and O–H groups in total. The molecule has 0 aliphatic heterocycles. The smallest absolute Gasteiger partial charge is 0.109 e. The van der Waals surface area contributed by atoms with E-state index in [1.54, 1.807) is 0 Å². The second-order valence-electron chi connectivity index (χ2n) is 3.12. The van der Waals surface area contributed by atoms with E-state index in [0.29, 0.717) is 6.42 Å². The molecule has 2 atom stereocenters. The normalized spacial score (nSPS) is 14.7. The maximum Gasteiger partial charge on any atom is 0.109 e. The summed E-state index contributed by atoms with van der Waals surface area (Å²) in [4.78, 5) is 10.3. The lowest BCUT2D eigenvalue weighted by Crippen LogP contribution is -2.48. The van der Waals surface area contributed by atoms with E-state index in [1.165, 1.54) is 0 Å². The Balaban J connectivity index is 2.57. The second kappa shape index (κ2) is 4.74. The monoisotopic (exact) mass is 194 g/mol. The van der Waals surface area contributed by atoms with Gasteiger partial charge in [0, 0.05) is 6.04 Å². The Morgan fingerprint density at radius 2 is 2.00 bits per heavy atom. The molecular weight excluding hydrogens is 182 g/mol. The van der Waals surface area contributed by atoms with Crippen LogP contribution in [0, 0.1) is 0 Å². The third-order valence-electron chi connectivity index (χ3n) is 1.96. The van der Waals surface area contributed by atoms with E-state index in [1.807, 2.05) is 30.3 Å². The van der Waals surface area contributed by atoms with Crippen molar-refractivity contribution in [2.75, 3.05) is 0 Å². The molecule has 4 nitrogen and oxygen atoms in total.